The van der Waals surface area contributed by atoms with Gasteiger partial charge in [0.2, 0.25) is 11.8 Å². The lowest BCUT2D eigenvalue weighted by Crippen LogP contribution is -2.30. The van der Waals surface area contributed by atoms with E-state index in [1.54, 1.807) is 12.1 Å². The van der Waals surface area contributed by atoms with E-state index in [4.69, 9.17) is 5.73 Å². The zero-order chi connectivity index (χ0) is 20.1. The number of hydrogen-bond donors (Lipinski definition) is 2. The molecule has 2 aromatic heterocycles. The van der Waals surface area contributed by atoms with E-state index >= 15 is 0 Å². The highest BCUT2D eigenvalue weighted by molar-refractivity contribution is 8.01. The highest BCUT2D eigenvalue weighted by Crippen LogP contribution is 2.29. The van der Waals surface area contributed by atoms with Crippen LogP contribution in [0.1, 0.15) is 27.1 Å². The third-order valence-electron chi connectivity index (χ3n) is 3.87. The van der Waals surface area contributed by atoms with Crippen LogP contribution in [0.15, 0.2) is 46.1 Å². The molecular formula is C19H18FN3O2S3. The quantitative estimate of drug-likeness (QED) is 0.529. The van der Waals surface area contributed by atoms with E-state index in [1.165, 1.54) is 46.6 Å². The van der Waals surface area contributed by atoms with Crippen LogP contribution in [0.4, 0.5) is 4.39 Å². The lowest BCUT2D eigenvalue weighted by molar-refractivity contribution is -0.119. The van der Waals surface area contributed by atoms with Gasteiger partial charge in [-0.3, -0.25) is 9.59 Å². The van der Waals surface area contributed by atoms with E-state index in [0.717, 1.165) is 25.4 Å². The number of thiazole rings is 1. The number of nitrogens with zero attached hydrogens (tertiary/aromatic N) is 1. The van der Waals surface area contributed by atoms with E-state index in [-0.39, 0.29) is 29.9 Å². The molecule has 28 heavy (non-hydrogen) atoms. The number of carbonyl (C=O) groups excluding carboxylic acids is 2. The molecule has 0 aliphatic rings. The minimum absolute atomic E-state index is 0.154. The van der Waals surface area contributed by atoms with E-state index in [0.29, 0.717) is 0 Å². The SMILES string of the molecule is Cc1nc(SCC(=O)N[C@@H](c2ccc(F)cc2)c2cccs2)sc1CC(N)=O. The average Bonchev–Trinajstić information content (AvgIpc) is 3.29. The fourth-order valence-corrected chi connectivity index (χ4v) is 5.40. The monoisotopic (exact) mass is 435 g/mol. The van der Waals surface area contributed by atoms with Gasteiger partial charge in [-0.25, -0.2) is 9.37 Å². The first kappa shape index (κ1) is 20.5. The van der Waals surface area contributed by atoms with Crippen LogP contribution in [0.3, 0.4) is 0 Å². The Morgan fingerprint density at radius 3 is 2.68 bits per heavy atom. The normalized spacial score (nSPS) is 11.9. The Bertz CT molecular complexity index is 955. The van der Waals surface area contributed by atoms with Crippen molar-refractivity contribution in [3.05, 3.63) is 68.6 Å². The second kappa shape index (κ2) is 9.31. The largest absolute Gasteiger partial charge is 0.369 e. The topological polar surface area (TPSA) is 85.1 Å². The van der Waals surface area contributed by atoms with Gasteiger partial charge in [0.15, 0.2) is 4.34 Å². The minimum Gasteiger partial charge on any atom is -0.369 e. The predicted octanol–water partition coefficient (Wildman–Crippen LogP) is 3.68. The molecule has 0 fully saturated rings. The summed E-state index contributed by atoms with van der Waals surface area (Å²) in [6.07, 6.45) is 0.154. The van der Waals surface area contributed by atoms with Gasteiger partial charge in [-0.1, -0.05) is 30.0 Å². The number of amides is 2. The summed E-state index contributed by atoms with van der Waals surface area (Å²) in [7, 11) is 0. The Balaban J connectivity index is 1.66. The number of benzene rings is 1. The Kier molecular flexibility index (Phi) is 6.82. The van der Waals surface area contributed by atoms with Crippen LogP contribution in [0.25, 0.3) is 0 Å². The summed E-state index contributed by atoms with van der Waals surface area (Å²) < 4.78 is 14.0. The maximum Gasteiger partial charge on any atom is 0.231 e. The minimum atomic E-state index is -0.404. The van der Waals surface area contributed by atoms with Crippen molar-refractivity contribution in [2.45, 2.75) is 23.7 Å². The molecule has 0 aliphatic heterocycles. The van der Waals surface area contributed by atoms with Crippen molar-refractivity contribution in [1.82, 2.24) is 10.3 Å². The average molecular weight is 436 g/mol. The summed E-state index contributed by atoms with van der Waals surface area (Å²) in [5.41, 5.74) is 6.81. The number of nitrogens with two attached hydrogens (primary N) is 1. The van der Waals surface area contributed by atoms with Crippen LogP contribution >= 0.6 is 34.4 Å². The van der Waals surface area contributed by atoms with Gasteiger partial charge in [-0.05, 0) is 36.1 Å². The van der Waals surface area contributed by atoms with Crippen molar-refractivity contribution in [3.8, 4) is 0 Å². The summed E-state index contributed by atoms with van der Waals surface area (Å²) in [5.74, 6) is -0.691. The number of thiophene rings is 1. The van der Waals surface area contributed by atoms with Crippen molar-refractivity contribution in [2.24, 2.45) is 5.73 Å². The first-order valence-electron chi connectivity index (χ1n) is 8.38. The summed E-state index contributed by atoms with van der Waals surface area (Å²) in [6, 6.07) is 9.63. The highest BCUT2D eigenvalue weighted by atomic mass is 32.2. The third kappa shape index (κ3) is 5.40. The molecule has 146 valence electrons. The van der Waals surface area contributed by atoms with Crippen molar-refractivity contribution in [2.75, 3.05) is 5.75 Å². The maximum atomic E-state index is 13.3. The van der Waals surface area contributed by atoms with Crippen LogP contribution < -0.4 is 11.1 Å². The molecule has 3 aromatic rings. The molecule has 3 N–H and O–H groups in total. The molecule has 1 atom stereocenters. The van der Waals surface area contributed by atoms with Crippen LogP contribution in [-0.2, 0) is 16.0 Å². The highest BCUT2D eigenvalue weighted by Gasteiger charge is 2.19. The lowest BCUT2D eigenvalue weighted by atomic mass is 10.1. The third-order valence-corrected chi connectivity index (χ3v) is 7.11. The molecule has 0 bridgehead atoms. The van der Waals surface area contributed by atoms with Gasteiger partial charge in [0.1, 0.15) is 5.82 Å². The first-order valence-corrected chi connectivity index (χ1v) is 11.1. The maximum absolute atomic E-state index is 13.3. The van der Waals surface area contributed by atoms with E-state index in [1.807, 2.05) is 24.4 Å². The number of hydrogen-bond acceptors (Lipinski definition) is 6. The molecule has 0 aliphatic carbocycles. The first-order chi connectivity index (χ1) is 13.4. The number of nitrogens with one attached hydrogen (secondary N) is 1. The fraction of sp³-hybridized carbons (Fsp3) is 0.211. The van der Waals surface area contributed by atoms with Crippen LogP contribution in [0.2, 0.25) is 0 Å². The van der Waals surface area contributed by atoms with Crippen molar-refractivity contribution >= 4 is 46.2 Å². The zero-order valence-electron chi connectivity index (χ0n) is 15.0. The molecule has 2 heterocycles. The van der Waals surface area contributed by atoms with Gasteiger partial charge in [-0.2, -0.15) is 0 Å². The molecule has 0 saturated heterocycles. The number of rotatable bonds is 8. The summed E-state index contributed by atoms with van der Waals surface area (Å²) in [6.45, 7) is 1.82. The van der Waals surface area contributed by atoms with Gasteiger partial charge < -0.3 is 11.1 Å². The number of aromatic nitrogens is 1. The van der Waals surface area contributed by atoms with Gasteiger partial charge in [0.05, 0.1) is 23.9 Å². The van der Waals surface area contributed by atoms with Crippen LogP contribution in [-0.4, -0.2) is 22.6 Å². The number of carbonyl (C=O) groups is 2. The van der Waals surface area contributed by atoms with Crippen LogP contribution in [0, 0.1) is 12.7 Å². The summed E-state index contributed by atoms with van der Waals surface area (Å²) in [5, 5.41) is 4.95. The van der Waals surface area contributed by atoms with Gasteiger partial charge in [0, 0.05) is 9.75 Å². The fourth-order valence-electron chi connectivity index (χ4n) is 2.54. The Morgan fingerprint density at radius 1 is 1.29 bits per heavy atom. The molecule has 1 aromatic carbocycles. The standard InChI is InChI=1S/C19H18FN3O2S3/c1-11-15(9-16(21)24)28-19(22-11)27-10-17(25)23-18(14-3-2-8-26-14)12-4-6-13(20)7-5-12/h2-8,18H,9-10H2,1H3,(H2,21,24)(H,23,25)/t18-/m0/s1. The summed E-state index contributed by atoms with van der Waals surface area (Å²) >= 11 is 4.22. The second-order valence-corrected chi connectivity index (χ2v) is 9.27. The summed E-state index contributed by atoms with van der Waals surface area (Å²) in [4.78, 5) is 29.8. The second-order valence-electron chi connectivity index (χ2n) is 5.99. The number of halogens is 1. The zero-order valence-corrected chi connectivity index (χ0v) is 17.4. The van der Waals surface area contributed by atoms with E-state index < -0.39 is 5.91 Å². The van der Waals surface area contributed by atoms with E-state index in [2.05, 4.69) is 10.3 Å². The van der Waals surface area contributed by atoms with Crippen molar-refractivity contribution in [1.29, 1.82) is 0 Å². The number of thioether (sulfide) groups is 1. The molecule has 0 saturated carbocycles. The number of aryl methyl sites for hydroxylation is 1. The van der Waals surface area contributed by atoms with Gasteiger partial charge >= 0.3 is 0 Å². The molecule has 0 spiro atoms. The molecule has 5 nitrogen and oxygen atoms in total. The Labute approximate surface area is 174 Å². The predicted molar refractivity (Wildman–Crippen MR) is 111 cm³/mol. The lowest BCUT2D eigenvalue weighted by Gasteiger charge is -2.18. The van der Waals surface area contributed by atoms with Gasteiger partial charge in [-0.15, -0.1) is 22.7 Å². The van der Waals surface area contributed by atoms with Gasteiger partial charge in [0.25, 0.3) is 0 Å². The molecule has 9 heteroatoms. The molecule has 3 rings (SSSR count). The molecule has 0 radical (unpaired) electrons. The van der Waals surface area contributed by atoms with E-state index in [9.17, 15) is 14.0 Å². The smallest absolute Gasteiger partial charge is 0.231 e. The van der Waals surface area contributed by atoms with Crippen LogP contribution in [0.5, 0.6) is 0 Å². The molecule has 2 amide bonds. The van der Waals surface area contributed by atoms with Crippen molar-refractivity contribution < 1.29 is 14.0 Å². The van der Waals surface area contributed by atoms with Crippen molar-refractivity contribution in [3.63, 3.8) is 0 Å². The number of primary amides is 1. The molecule has 0 unspecified atom stereocenters. The molecular weight excluding hydrogens is 417 g/mol. The Hall–Kier alpha value is -2.23. The Morgan fingerprint density at radius 2 is 2.04 bits per heavy atom.